The second-order valence-corrected chi connectivity index (χ2v) is 10.8. The van der Waals surface area contributed by atoms with Gasteiger partial charge in [-0.15, -0.1) is 10.2 Å². The number of hydrogen-bond donors (Lipinski definition) is 1. The van der Waals surface area contributed by atoms with E-state index in [1.807, 2.05) is 49.6 Å². The van der Waals surface area contributed by atoms with Crippen molar-refractivity contribution in [3.8, 4) is 11.6 Å². The molecule has 0 saturated heterocycles. The second-order valence-electron chi connectivity index (χ2n) is 9.39. The fourth-order valence-electron chi connectivity index (χ4n) is 4.84. The normalized spacial score (nSPS) is 14.4. The number of carbonyl (C=O) groups is 1. The fraction of sp³-hybridized carbons (Fsp3) is 0.143. The minimum atomic E-state index is -0.573. The maximum atomic E-state index is 12.9. The van der Waals surface area contributed by atoms with Crippen LogP contribution in [-0.4, -0.2) is 20.6 Å². The summed E-state index contributed by atoms with van der Waals surface area (Å²) in [4.78, 5) is 17.4. The Morgan fingerprint density at radius 1 is 1.11 bits per heavy atom. The third kappa shape index (κ3) is 3.89. The van der Waals surface area contributed by atoms with Gasteiger partial charge in [0, 0.05) is 10.9 Å². The molecular formula is C28H21ClN4O3S. The summed E-state index contributed by atoms with van der Waals surface area (Å²) in [6.07, 6.45) is 2.06. The highest BCUT2D eigenvalue weighted by atomic mass is 35.5. The third-order valence-corrected chi connectivity index (χ3v) is 7.63. The van der Waals surface area contributed by atoms with E-state index in [0.29, 0.717) is 21.3 Å². The van der Waals surface area contributed by atoms with Crippen LogP contribution >= 0.6 is 22.9 Å². The number of ether oxygens (including phenoxy) is 1. The van der Waals surface area contributed by atoms with E-state index in [-0.39, 0.29) is 17.1 Å². The van der Waals surface area contributed by atoms with Gasteiger partial charge in [0.2, 0.25) is 11.0 Å². The first-order chi connectivity index (χ1) is 17.7. The lowest BCUT2D eigenvalue weighted by Gasteiger charge is -2.31. The summed E-state index contributed by atoms with van der Waals surface area (Å²) in [5.74, 6) is -0.283. The molecule has 5 aromatic rings. The maximum Gasteiger partial charge on any atom is 0.345 e. The molecule has 0 fully saturated rings. The van der Waals surface area contributed by atoms with Crippen molar-refractivity contribution in [1.82, 2.24) is 9.55 Å². The molecule has 0 radical (unpaired) electrons. The highest BCUT2D eigenvalue weighted by molar-refractivity contribution is 7.21. The number of thiazole rings is 1. The van der Waals surface area contributed by atoms with E-state index in [1.54, 1.807) is 36.4 Å². The Morgan fingerprint density at radius 2 is 1.86 bits per heavy atom. The van der Waals surface area contributed by atoms with Crippen molar-refractivity contribution >= 4 is 66.4 Å². The first-order valence-electron chi connectivity index (χ1n) is 11.6. The molecule has 0 saturated carbocycles. The van der Waals surface area contributed by atoms with Gasteiger partial charge in [0.1, 0.15) is 5.75 Å². The average Bonchev–Trinajstić information content (AvgIpc) is 3.39. The monoisotopic (exact) mass is 528 g/mol. The molecular weight excluding hydrogens is 508 g/mol. The molecule has 0 bridgehead atoms. The Hall–Kier alpha value is -4.01. The lowest BCUT2D eigenvalue weighted by molar-refractivity contribution is 0.0735. The van der Waals surface area contributed by atoms with Crippen molar-refractivity contribution in [2.75, 3.05) is 0 Å². The molecule has 37 heavy (non-hydrogen) atoms. The standard InChI is InChI=1S/C28H21ClN4O3S/c1-15-14-28(2,3)33-24-18(15)12-16(36-26(35)17-8-4-5-9-20(17)29)13-19(24)23(25(33)34)31-32-27-30-21-10-6-7-11-22(21)37-27/h4-14,34H,1-3H3. The lowest BCUT2D eigenvalue weighted by Crippen LogP contribution is -2.26. The van der Waals surface area contributed by atoms with Crippen molar-refractivity contribution in [3.63, 3.8) is 0 Å². The topological polar surface area (TPSA) is 89.1 Å². The molecule has 3 aromatic carbocycles. The fourth-order valence-corrected chi connectivity index (χ4v) is 5.84. The molecule has 0 unspecified atom stereocenters. The van der Waals surface area contributed by atoms with Gasteiger partial charge < -0.3 is 14.4 Å². The van der Waals surface area contributed by atoms with E-state index in [2.05, 4.69) is 21.3 Å². The molecule has 1 aliphatic rings. The Labute approximate surface area is 221 Å². The molecule has 7 nitrogen and oxygen atoms in total. The molecule has 9 heteroatoms. The number of para-hydroxylation sites is 1. The van der Waals surface area contributed by atoms with Gasteiger partial charge in [-0.3, -0.25) is 0 Å². The zero-order chi connectivity index (χ0) is 25.9. The van der Waals surface area contributed by atoms with Gasteiger partial charge in [-0.25, -0.2) is 9.78 Å². The van der Waals surface area contributed by atoms with E-state index < -0.39 is 11.5 Å². The molecule has 0 aliphatic carbocycles. The van der Waals surface area contributed by atoms with Gasteiger partial charge in [0.15, 0.2) is 5.69 Å². The molecule has 3 heterocycles. The van der Waals surface area contributed by atoms with Crippen LogP contribution in [0.2, 0.25) is 5.02 Å². The highest BCUT2D eigenvalue weighted by Crippen LogP contribution is 2.50. The van der Waals surface area contributed by atoms with Gasteiger partial charge in [0.25, 0.3) is 0 Å². The van der Waals surface area contributed by atoms with Crippen LogP contribution in [0.3, 0.4) is 0 Å². The van der Waals surface area contributed by atoms with Crippen molar-refractivity contribution in [1.29, 1.82) is 0 Å². The van der Waals surface area contributed by atoms with Crippen LogP contribution < -0.4 is 4.74 Å². The second kappa shape index (κ2) is 8.54. The third-order valence-electron chi connectivity index (χ3n) is 6.38. The summed E-state index contributed by atoms with van der Waals surface area (Å²) in [6, 6.07) is 18.0. The number of halogens is 1. The molecule has 1 N–H and O–H groups in total. The van der Waals surface area contributed by atoms with Crippen LogP contribution in [0.1, 0.15) is 36.7 Å². The maximum absolute atomic E-state index is 12.9. The summed E-state index contributed by atoms with van der Waals surface area (Å²) < 4.78 is 8.57. The van der Waals surface area contributed by atoms with Crippen LogP contribution in [-0.2, 0) is 5.54 Å². The highest BCUT2D eigenvalue weighted by Gasteiger charge is 2.33. The van der Waals surface area contributed by atoms with Crippen LogP contribution in [0.25, 0.3) is 26.7 Å². The number of rotatable bonds is 4. The molecule has 2 aromatic heterocycles. The predicted octanol–water partition coefficient (Wildman–Crippen LogP) is 8.40. The van der Waals surface area contributed by atoms with Crippen molar-refractivity contribution in [2.24, 2.45) is 10.2 Å². The summed E-state index contributed by atoms with van der Waals surface area (Å²) in [5, 5.41) is 21.5. The zero-order valence-corrected chi connectivity index (χ0v) is 21.8. The van der Waals surface area contributed by atoms with Crippen LogP contribution in [0, 0.1) is 0 Å². The van der Waals surface area contributed by atoms with Crippen molar-refractivity contribution in [2.45, 2.75) is 26.3 Å². The van der Waals surface area contributed by atoms with Crippen molar-refractivity contribution in [3.05, 3.63) is 82.9 Å². The Bertz CT molecular complexity index is 1770. The zero-order valence-electron chi connectivity index (χ0n) is 20.2. The van der Waals surface area contributed by atoms with Crippen LogP contribution in [0.4, 0.5) is 10.8 Å². The van der Waals surface area contributed by atoms with Gasteiger partial charge in [-0.05, 0) is 62.7 Å². The number of azo groups is 1. The number of aromatic hydroxyl groups is 1. The Kier molecular flexibility index (Phi) is 5.40. The molecule has 0 atom stereocenters. The number of carbonyl (C=O) groups excluding carboxylic acids is 1. The number of fused-ring (bicyclic) bond motifs is 1. The van der Waals surface area contributed by atoms with E-state index >= 15 is 0 Å². The molecule has 6 rings (SSSR count). The van der Waals surface area contributed by atoms with E-state index in [1.165, 1.54) is 11.3 Å². The number of nitrogens with zero attached hydrogens (tertiary/aromatic N) is 4. The smallest absolute Gasteiger partial charge is 0.345 e. The van der Waals surface area contributed by atoms with Gasteiger partial charge in [-0.1, -0.05) is 53.3 Å². The van der Waals surface area contributed by atoms with Gasteiger partial charge >= 0.3 is 5.97 Å². The van der Waals surface area contributed by atoms with Gasteiger partial charge in [-0.2, -0.15) is 0 Å². The molecule has 184 valence electrons. The number of esters is 1. The van der Waals surface area contributed by atoms with Crippen molar-refractivity contribution < 1.29 is 14.6 Å². The average molecular weight is 529 g/mol. The lowest BCUT2D eigenvalue weighted by atomic mass is 9.92. The molecule has 0 amide bonds. The van der Waals surface area contributed by atoms with E-state index in [4.69, 9.17) is 16.3 Å². The number of allylic oxidation sites excluding steroid dienone is 2. The first-order valence-corrected chi connectivity index (χ1v) is 12.8. The first kappa shape index (κ1) is 23.4. The number of benzene rings is 3. The van der Waals surface area contributed by atoms with Crippen LogP contribution in [0.15, 0.2) is 77.0 Å². The minimum Gasteiger partial charge on any atom is -0.493 e. The summed E-state index contributed by atoms with van der Waals surface area (Å²) in [6.45, 7) is 6.02. The summed E-state index contributed by atoms with van der Waals surface area (Å²) in [5.41, 5.74) is 3.48. The quantitative estimate of drug-likeness (QED) is 0.144. The number of aromatic nitrogens is 2. The minimum absolute atomic E-state index is 0.0237. The molecule has 0 spiro atoms. The van der Waals surface area contributed by atoms with Crippen LogP contribution in [0.5, 0.6) is 11.6 Å². The predicted molar refractivity (Wildman–Crippen MR) is 147 cm³/mol. The summed E-state index contributed by atoms with van der Waals surface area (Å²) >= 11 is 7.62. The van der Waals surface area contributed by atoms with E-state index in [9.17, 15) is 9.90 Å². The molecule has 1 aliphatic heterocycles. The SMILES string of the molecule is CC1=CC(C)(C)n2c(O)c(N=Nc3nc4ccccc4s3)c3cc(OC(=O)c4ccccc4Cl)cc1c32. The van der Waals surface area contributed by atoms with E-state index in [0.717, 1.165) is 26.9 Å². The largest absolute Gasteiger partial charge is 0.493 e. The van der Waals surface area contributed by atoms with Gasteiger partial charge in [0.05, 0.1) is 31.9 Å². The summed E-state index contributed by atoms with van der Waals surface area (Å²) in [7, 11) is 0. The number of hydrogen-bond acceptors (Lipinski definition) is 7. The Balaban J connectivity index is 1.50. The Morgan fingerprint density at radius 3 is 2.65 bits per heavy atom.